The Bertz CT molecular complexity index is 1790. The predicted octanol–water partition coefficient (Wildman–Crippen LogP) is 4.35. The molecule has 1 aliphatic heterocycles. The Hall–Kier alpha value is -4.24. The van der Waals surface area contributed by atoms with Crippen molar-refractivity contribution in [3.63, 3.8) is 0 Å². The molecule has 0 N–H and O–H groups in total. The Kier molecular flexibility index (Phi) is 7.10. The number of fused-ring (bicyclic) bond motifs is 1. The maximum atomic E-state index is 14.0. The molecule has 0 fully saturated rings. The van der Waals surface area contributed by atoms with Crippen molar-refractivity contribution < 1.29 is 18.7 Å². The molecule has 0 saturated heterocycles. The minimum Gasteiger partial charge on any atom is -0.496 e. The van der Waals surface area contributed by atoms with Crippen molar-refractivity contribution in [3.05, 3.63) is 114 Å². The summed E-state index contributed by atoms with van der Waals surface area (Å²) in [5, 5.41) is 0. The zero-order valence-electron chi connectivity index (χ0n) is 22.3. The molecular weight excluding hydrogens is 517 g/mol. The summed E-state index contributed by atoms with van der Waals surface area (Å²) >= 11 is 1.26. The number of hydrogen-bond donors (Lipinski definition) is 0. The number of aryl methyl sites for hydroxylation is 1. The predicted molar refractivity (Wildman–Crippen MR) is 149 cm³/mol. The first kappa shape index (κ1) is 26.4. The normalized spacial score (nSPS) is 15.2. The van der Waals surface area contributed by atoms with Gasteiger partial charge in [0, 0.05) is 22.6 Å². The average molecular weight is 546 g/mol. The number of carbonyl (C=O) groups is 1. The highest BCUT2D eigenvalue weighted by molar-refractivity contribution is 7.07. The Balaban J connectivity index is 1.71. The molecule has 1 aliphatic rings. The van der Waals surface area contributed by atoms with E-state index in [4.69, 9.17) is 9.47 Å². The van der Waals surface area contributed by atoms with Gasteiger partial charge in [0.15, 0.2) is 4.80 Å². The molecule has 4 aromatic rings. The molecule has 39 heavy (non-hydrogen) atoms. The molecule has 0 amide bonds. The number of thiazole rings is 1. The van der Waals surface area contributed by atoms with Crippen molar-refractivity contribution in [1.82, 2.24) is 9.13 Å². The van der Waals surface area contributed by atoms with E-state index in [1.165, 1.54) is 23.5 Å². The second kappa shape index (κ2) is 10.5. The minimum absolute atomic E-state index is 0.197. The van der Waals surface area contributed by atoms with E-state index in [2.05, 4.69) is 4.99 Å². The standard InChI is InChI=1S/C30H28FN3O4S/c1-6-38-29(36)26-18(3)32-30-34(27(26)23-9-7-8-10-24(23)37-5)28(35)25(39-30)16-20-15-17(2)33(19(20)4)22-13-11-21(31)12-14-22/h7-16,27H,6H2,1-5H3/b25-16+/t27-/m0/s1. The molecule has 0 saturated carbocycles. The Labute approximate surface area is 228 Å². The van der Waals surface area contributed by atoms with E-state index in [1.807, 2.05) is 48.8 Å². The second-order valence-corrected chi connectivity index (χ2v) is 10.2. The molecule has 0 aliphatic carbocycles. The van der Waals surface area contributed by atoms with Gasteiger partial charge in [-0.15, -0.1) is 0 Å². The second-order valence-electron chi connectivity index (χ2n) is 9.18. The fourth-order valence-electron chi connectivity index (χ4n) is 5.04. The lowest BCUT2D eigenvalue weighted by atomic mass is 9.95. The molecule has 200 valence electrons. The Morgan fingerprint density at radius 3 is 2.54 bits per heavy atom. The Morgan fingerprint density at radius 2 is 1.85 bits per heavy atom. The Morgan fingerprint density at radius 1 is 1.13 bits per heavy atom. The van der Waals surface area contributed by atoms with Crippen LogP contribution >= 0.6 is 11.3 Å². The number of rotatable bonds is 6. The number of methoxy groups -OCH3 is 1. The summed E-state index contributed by atoms with van der Waals surface area (Å²) in [6, 6.07) is 14.8. The molecule has 9 heteroatoms. The molecule has 7 nitrogen and oxygen atoms in total. The summed E-state index contributed by atoms with van der Waals surface area (Å²) in [4.78, 5) is 32.2. The molecule has 2 aromatic carbocycles. The van der Waals surface area contributed by atoms with Gasteiger partial charge in [0.2, 0.25) is 0 Å². The molecule has 2 aromatic heterocycles. The van der Waals surface area contributed by atoms with E-state index in [0.717, 1.165) is 22.6 Å². The van der Waals surface area contributed by atoms with Gasteiger partial charge >= 0.3 is 5.97 Å². The highest BCUT2D eigenvalue weighted by atomic mass is 32.1. The van der Waals surface area contributed by atoms with Crippen LogP contribution in [-0.2, 0) is 9.53 Å². The quantitative estimate of drug-likeness (QED) is 0.338. The molecule has 5 rings (SSSR count). The van der Waals surface area contributed by atoms with Crippen molar-refractivity contribution in [2.45, 2.75) is 33.7 Å². The first-order chi connectivity index (χ1) is 18.7. The summed E-state index contributed by atoms with van der Waals surface area (Å²) in [6.45, 7) is 7.61. The first-order valence-electron chi connectivity index (χ1n) is 12.5. The van der Waals surface area contributed by atoms with Gasteiger partial charge in [-0.3, -0.25) is 9.36 Å². The van der Waals surface area contributed by atoms with Crippen LogP contribution in [0.5, 0.6) is 5.75 Å². The maximum Gasteiger partial charge on any atom is 0.338 e. The van der Waals surface area contributed by atoms with Crippen LogP contribution in [0.4, 0.5) is 4.39 Å². The molecule has 0 radical (unpaired) electrons. The summed E-state index contributed by atoms with van der Waals surface area (Å²) < 4.78 is 28.5. The summed E-state index contributed by atoms with van der Waals surface area (Å²) in [7, 11) is 1.56. The van der Waals surface area contributed by atoms with E-state index in [9.17, 15) is 14.0 Å². The van der Waals surface area contributed by atoms with Crippen LogP contribution in [0.25, 0.3) is 11.8 Å². The van der Waals surface area contributed by atoms with Crippen LogP contribution in [0.15, 0.2) is 75.7 Å². The summed E-state index contributed by atoms with van der Waals surface area (Å²) in [5.74, 6) is -0.271. The van der Waals surface area contributed by atoms with Crippen molar-refractivity contribution in [3.8, 4) is 11.4 Å². The third kappa shape index (κ3) is 4.63. The zero-order chi connectivity index (χ0) is 27.8. The monoisotopic (exact) mass is 545 g/mol. The molecule has 0 bridgehead atoms. The third-order valence-electron chi connectivity index (χ3n) is 6.79. The van der Waals surface area contributed by atoms with Gasteiger partial charge in [-0.2, -0.15) is 0 Å². The molecule has 0 unspecified atom stereocenters. The molecule has 3 heterocycles. The molecule has 0 spiro atoms. The number of halogens is 1. The van der Waals surface area contributed by atoms with Crippen LogP contribution in [0.1, 0.15) is 42.4 Å². The number of benzene rings is 2. The zero-order valence-corrected chi connectivity index (χ0v) is 23.1. The molecule has 1 atom stereocenters. The lowest BCUT2D eigenvalue weighted by molar-refractivity contribution is -0.139. The van der Waals surface area contributed by atoms with Crippen molar-refractivity contribution in [1.29, 1.82) is 0 Å². The fourth-order valence-corrected chi connectivity index (χ4v) is 6.08. The SMILES string of the molecule is CCOC(=O)C1=C(C)N=c2s/c(=C/c3cc(C)n(-c4ccc(F)cc4)c3C)c(=O)n2[C@H]1c1ccccc1OC. The van der Waals surface area contributed by atoms with E-state index >= 15 is 0 Å². The van der Waals surface area contributed by atoms with Crippen molar-refractivity contribution in [2.24, 2.45) is 4.99 Å². The summed E-state index contributed by atoms with van der Waals surface area (Å²) in [6.07, 6.45) is 1.84. The van der Waals surface area contributed by atoms with Gasteiger partial charge in [-0.1, -0.05) is 29.5 Å². The third-order valence-corrected chi connectivity index (χ3v) is 7.78. The van der Waals surface area contributed by atoms with Crippen LogP contribution in [0, 0.1) is 19.7 Å². The van der Waals surface area contributed by atoms with E-state index in [0.29, 0.717) is 31.9 Å². The highest BCUT2D eigenvalue weighted by Crippen LogP contribution is 2.35. The van der Waals surface area contributed by atoms with Crippen molar-refractivity contribution >= 4 is 23.4 Å². The number of allylic oxidation sites excluding steroid dienone is 1. The minimum atomic E-state index is -0.759. The largest absolute Gasteiger partial charge is 0.496 e. The van der Waals surface area contributed by atoms with E-state index < -0.39 is 12.0 Å². The average Bonchev–Trinajstić information content (AvgIpc) is 3.37. The lowest BCUT2D eigenvalue weighted by Gasteiger charge is -2.25. The van der Waals surface area contributed by atoms with Crippen LogP contribution in [0.2, 0.25) is 0 Å². The van der Waals surface area contributed by atoms with Crippen LogP contribution in [-0.4, -0.2) is 28.8 Å². The fraction of sp³-hybridized carbons (Fsp3) is 0.233. The highest BCUT2D eigenvalue weighted by Gasteiger charge is 2.35. The van der Waals surface area contributed by atoms with Crippen molar-refractivity contribution in [2.75, 3.05) is 13.7 Å². The van der Waals surface area contributed by atoms with Gasteiger partial charge in [0.05, 0.1) is 29.5 Å². The smallest absolute Gasteiger partial charge is 0.338 e. The lowest BCUT2D eigenvalue weighted by Crippen LogP contribution is -2.40. The molecular formula is C30H28FN3O4S. The number of hydrogen-bond acceptors (Lipinski definition) is 6. The van der Waals surface area contributed by atoms with Gasteiger partial charge in [0.1, 0.15) is 17.6 Å². The van der Waals surface area contributed by atoms with Gasteiger partial charge in [-0.05, 0) is 75.7 Å². The van der Waals surface area contributed by atoms with Gasteiger partial charge in [-0.25, -0.2) is 14.2 Å². The number of esters is 1. The number of aromatic nitrogens is 2. The van der Waals surface area contributed by atoms with Gasteiger partial charge < -0.3 is 14.0 Å². The number of ether oxygens (including phenoxy) is 2. The van der Waals surface area contributed by atoms with E-state index in [1.54, 1.807) is 43.7 Å². The number of carbonyl (C=O) groups excluding carboxylic acids is 1. The van der Waals surface area contributed by atoms with E-state index in [-0.39, 0.29) is 18.0 Å². The topological polar surface area (TPSA) is 74.8 Å². The maximum absolute atomic E-state index is 14.0. The number of nitrogens with zero attached hydrogens (tertiary/aromatic N) is 3. The summed E-state index contributed by atoms with van der Waals surface area (Å²) in [5.41, 5.74) is 4.74. The number of para-hydroxylation sites is 1. The van der Waals surface area contributed by atoms with Gasteiger partial charge in [0.25, 0.3) is 5.56 Å². The first-order valence-corrected chi connectivity index (χ1v) is 13.3. The van der Waals surface area contributed by atoms with Crippen LogP contribution in [0.3, 0.4) is 0 Å². The van der Waals surface area contributed by atoms with Crippen LogP contribution < -0.4 is 19.6 Å².